The summed E-state index contributed by atoms with van der Waals surface area (Å²) in [7, 11) is 0. The Bertz CT molecular complexity index is 674. The van der Waals surface area contributed by atoms with Gasteiger partial charge in [0.1, 0.15) is 5.82 Å². The Labute approximate surface area is 142 Å². The highest BCUT2D eigenvalue weighted by Crippen LogP contribution is 2.24. The summed E-state index contributed by atoms with van der Waals surface area (Å²) in [6.07, 6.45) is 7.29. The first kappa shape index (κ1) is 16.2. The van der Waals surface area contributed by atoms with Crippen molar-refractivity contribution in [3.63, 3.8) is 0 Å². The summed E-state index contributed by atoms with van der Waals surface area (Å²) in [5.41, 5.74) is 7.52. The van der Waals surface area contributed by atoms with Crippen LogP contribution in [0.1, 0.15) is 31.4 Å². The van der Waals surface area contributed by atoms with E-state index in [1.54, 1.807) is 6.20 Å². The summed E-state index contributed by atoms with van der Waals surface area (Å²) >= 11 is 0. The second-order valence-corrected chi connectivity index (χ2v) is 6.24. The van der Waals surface area contributed by atoms with Crippen LogP contribution in [0.25, 0.3) is 0 Å². The van der Waals surface area contributed by atoms with Gasteiger partial charge in [0.15, 0.2) is 0 Å². The number of nitrogens with zero attached hydrogens (tertiary/aromatic N) is 3. The van der Waals surface area contributed by atoms with E-state index in [9.17, 15) is 4.79 Å². The smallest absolute Gasteiger partial charge is 0.222 e. The molecular formula is C18H23N5O. The van der Waals surface area contributed by atoms with Crippen molar-refractivity contribution in [2.24, 2.45) is 11.7 Å². The van der Waals surface area contributed by atoms with Crippen LogP contribution in [0.15, 0.2) is 42.9 Å². The fourth-order valence-corrected chi connectivity index (χ4v) is 3.04. The highest BCUT2D eigenvalue weighted by Gasteiger charge is 2.24. The van der Waals surface area contributed by atoms with Crippen LogP contribution in [0.2, 0.25) is 0 Å². The molecule has 1 aliphatic heterocycles. The van der Waals surface area contributed by atoms with Crippen LogP contribution in [0.4, 0.5) is 11.5 Å². The molecule has 2 atom stereocenters. The van der Waals surface area contributed by atoms with Gasteiger partial charge in [-0.3, -0.25) is 9.78 Å². The Kier molecular flexibility index (Phi) is 4.93. The van der Waals surface area contributed by atoms with Crippen molar-refractivity contribution in [1.29, 1.82) is 0 Å². The number of hydrogen-bond donors (Lipinski definition) is 2. The van der Waals surface area contributed by atoms with Gasteiger partial charge in [-0.2, -0.15) is 0 Å². The van der Waals surface area contributed by atoms with Crippen molar-refractivity contribution in [2.45, 2.75) is 25.8 Å². The van der Waals surface area contributed by atoms with Crippen molar-refractivity contribution in [1.82, 2.24) is 9.97 Å². The summed E-state index contributed by atoms with van der Waals surface area (Å²) in [5.74, 6) is 0.591. The lowest BCUT2D eigenvalue weighted by Gasteiger charge is -2.32. The molecular weight excluding hydrogens is 302 g/mol. The Morgan fingerprint density at radius 2 is 2.25 bits per heavy atom. The first-order valence-corrected chi connectivity index (χ1v) is 8.30. The van der Waals surface area contributed by atoms with Gasteiger partial charge in [-0.15, -0.1) is 0 Å². The van der Waals surface area contributed by atoms with Crippen LogP contribution < -0.4 is 16.0 Å². The number of aromatic nitrogens is 2. The number of nitrogens with one attached hydrogen (secondary N) is 1. The molecule has 0 radical (unpaired) electrons. The van der Waals surface area contributed by atoms with Gasteiger partial charge in [-0.05, 0) is 43.5 Å². The zero-order valence-corrected chi connectivity index (χ0v) is 13.9. The van der Waals surface area contributed by atoms with Gasteiger partial charge >= 0.3 is 0 Å². The molecule has 0 spiro atoms. The lowest BCUT2D eigenvalue weighted by atomic mass is 9.97. The largest absolute Gasteiger partial charge is 0.377 e. The molecule has 2 aromatic heterocycles. The number of piperidine rings is 1. The van der Waals surface area contributed by atoms with Crippen LogP contribution in [0.3, 0.4) is 0 Å². The third kappa shape index (κ3) is 3.82. The predicted octanol–water partition coefficient (Wildman–Crippen LogP) is 2.35. The molecule has 2 aromatic rings. The van der Waals surface area contributed by atoms with Gasteiger partial charge in [0.25, 0.3) is 0 Å². The minimum Gasteiger partial charge on any atom is -0.377 e. The molecule has 0 bridgehead atoms. The molecule has 3 N–H and O–H groups in total. The second-order valence-electron chi connectivity index (χ2n) is 6.24. The highest BCUT2D eigenvalue weighted by atomic mass is 16.1. The summed E-state index contributed by atoms with van der Waals surface area (Å²) in [5, 5.41) is 3.42. The molecule has 1 fully saturated rings. The number of pyridine rings is 2. The first-order chi connectivity index (χ1) is 11.6. The molecule has 0 saturated carbocycles. The number of carbonyl (C=O) groups is 1. The number of carbonyl (C=O) groups excluding carboxylic acids is 1. The monoisotopic (exact) mass is 325 g/mol. The molecule has 2 unspecified atom stereocenters. The van der Waals surface area contributed by atoms with Crippen molar-refractivity contribution in [3.8, 4) is 0 Å². The zero-order valence-electron chi connectivity index (χ0n) is 13.9. The zero-order chi connectivity index (χ0) is 16.9. The van der Waals surface area contributed by atoms with Gasteiger partial charge in [0.2, 0.25) is 5.91 Å². The Balaban J connectivity index is 1.64. The first-order valence-electron chi connectivity index (χ1n) is 8.30. The molecule has 3 heterocycles. The Morgan fingerprint density at radius 3 is 2.92 bits per heavy atom. The lowest BCUT2D eigenvalue weighted by molar-refractivity contribution is -0.122. The second kappa shape index (κ2) is 7.29. The highest BCUT2D eigenvalue weighted by molar-refractivity contribution is 5.77. The van der Waals surface area contributed by atoms with Crippen molar-refractivity contribution in [2.75, 3.05) is 23.3 Å². The number of rotatable bonds is 5. The molecule has 6 heteroatoms. The van der Waals surface area contributed by atoms with Gasteiger partial charge in [-0.1, -0.05) is 6.07 Å². The van der Waals surface area contributed by atoms with Crippen LogP contribution >= 0.6 is 0 Å². The summed E-state index contributed by atoms with van der Waals surface area (Å²) in [6.45, 7) is 3.66. The van der Waals surface area contributed by atoms with Crippen LogP contribution in [-0.2, 0) is 4.79 Å². The van der Waals surface area contributed by atoms with Crippen LogP contribution in [-0.4, -0.2) is 29.0 Å². The number of amides is 1. The van der Waals surface area contributed by atoms with Crippen LogP contribution in [0, 0.1) is 5.92 Å². The van der Waals surface area contributed by atoms with Gasteiger partial charge < -0.3 is 16.0 Å². The number of anilines is 2. The number of primary amides is 1. The van der Waals surface area contributed by atoms with E-state index in [4.69, 9.17) is 5.73 Å². The molecule has 24 heavy (non-hydrogen) atoms. The van der Waals surface area contributed by atoms with Crippen molar-refractivity contribution in [3.05, 3.63) is 48.4 Å². The van der Waals surface area contributed by atoms with E-state index in [0.29, 0.717) is 6.54 Å². The molecule has 1 aliphatic rings. The van der Waals surface area contributed by atoms with Crippen molar-refractivity contribution >= 4 is 17.4 Å². The minimum atomic E-state index is -0.219. The maximum Gasteiger partial charge on any atom is 0.222 e. The molecule has 0 aromatic carbocycles. The molecule has 1 saturated heterocycles. The maximum absolute atomic E-state index is 11.4. The molecule has 1 amide bonds. The van der Waals surface area contributed by atoms with Crippen molar-refractivity contribution < 1.29 is 4.79 Å². The van der Waals surface area contributed by atoms with E-state index >= 15 is 0 Å². The van der Waals surface area contributed by atoms with Gasteiger partial charge in [-0.25, -0.2) is 4.98 Å². The van der Waals surface area contributed by atoms with E-state index in [1.807, 2.05) is 36.7 Å². The predicted molar refractivity (Wildman–Crippen MR) is 94.6 cm³/mol. The normalized spacial score (nSPS) is 18.9. The molecule has 0 aliphatic carbocycles. The average Bonchev–Trinajstić information content (AvgIpc) is 2.63. The maximum atomic E-state index is 11.4. The molecule has 126 valence electrons. The van der Waals surface area contributed by atoms with E-state index in [2.05, 4.69) is 27.1 Å². The van der Waals surface area contributed by atoms with E-state index in [1.165, 1.54) is 0 Å². The van der Waals surface area contributed by atoms with E-state index < -0.39 is 0 Å². The Hall–Kier alpha value is -2.63. The standard InChI is InChI=1S/C18H23N5O/c1-13(14-4-2-8-20-10-14)22-16-6-7-17(21-11-16)23-9-3-5-15(12-23)18(19)24/h2,4,6-8,10-11,13,15,22H,3,5,9,12H2,1H3,(H2,19,24). The average molecular weight is 325 g/mol. The van der Waals surface area contributed by atoms with E-state index in [0.717, 1.165) is 36.5 Å². The fourth-order valence-electron chi connectivity index (χ4n) is 3.04. The van der Waals surface area contributed by atoms with Gasteiger partial charge in [0.05, 0.1) is 23.8 Å². The molecule has 3 rings (SSSR count). The van der Waals surface area contributed by atoms with E-state index in [-0.39, 0.29) is 17.9 Å². The topological polar surface area (TPSA) is 84.1 Å². The van der Waals surface area contributed by atoms with Crippen LogP contribution in [0.5, 0.6) is 0 Å². The lowest BCUT2D eigenvalue weighted by Crippen LogP contribution is -2.41. The Morgan fingerprint density at radius 1 is 1.38 bits per heavy atom. The third-order valence-corrected chi connectivity index (χ3v) is 4.46. The third-order valence-electron chi connectivity index (χ3n) is 4.46. The SMILES string of the molecule is CC(Nc1ccc(N2CCCC(C(N)=O)C2)nc1)c1cccnc1. The summed E-state index contributed by atoms with van der Waals surface area (Å²) in [4.78, 5) is 22.2. The number of hydrogen-bond acceptors (Lipinski definition) is 5. The van der Waals surface area contributed by atoms with Gasteiger partial charge in [0, 0.05) is 25.5 Å². The number of nitrogens with two attached hydrogens (primary N) is 1. The quantitative estimate of drug-likeness (QED) is 0.881. The summed E-state index contributed by atoms with van der Waals surface area (Å²) in [6, 6.07) is 8.13. The fraction of sp³-hybridized carbons (Fsp3) is 0.389. The summed E-state index contributed by atoms with van der Waals surface area (Å²) < 4.78 is 0. The molecule has 6 nitrogen and oxygen atoms in total. The minimum absolute atomic E-state index is 0.0797.